The lowest BCUT2D eigenvalue weighted by atomic mass is 10.2. The van der Waals surface area contributed by atoms with Crippen LogP contribution in [0.25, 0.3) is 0 Å². The van der Waals surface area contributed by atoms with E-state index in [1.807, 2.05) is 0 Å². The molecule has 0 fully saturated rings. The molecule has 2 aromatic rings. The molecular formula is C13H12FN3OS. The zero-order valence-electron chi connectivity index (χ0n) is 10.2. The Bertz CT molecular complexity index is 601. The molecule has 0 spiro atoms. The van der Waals surface area contributed by atoms with Gasteiger partial charge in [0.1, 0.15) is 10.8 Å². The average molecular weight is 277 g/mol. The Morgan fingerprint density at radius 2 is 2.16 bits per heavy atom. The van der Waals surface area contributed by atoms with E-state index in [0.29, 0.717) is 22.8 Å². The molecule has 0 amide bonds. The fraction of sp³-hybridized carbons (Fsp3) is 0.0769. The van der Waals surface area contributed by atoms with E-state index < -0.39 is 5.82 Å². The van der Waals surface area contributed by atoms with Crippen molar-refractivity contribution in [2.45, 2.75) is 0 Å². The van der Waals surface area contributed by atoms with Crippen molar-refractivity contribution in [3.63, 3.8) is 0 Å². The Kier molecular flexibility index (Phi) is 3.91. The Morgan fingerprint density at radius 1 is 1.37 bits per heavy atom. The Balaban J connectivity index is 2.20. The monoisotopic (exact) mass is 277 g/mol. The topological polar surface area (TPSA) is 60.2 Å². The van der Waals surface area contributed by atoms with Crippen molar-refractivity contribution in [2.75, 3.05) is 12.4 Å². The SMILES string of the molecule is COc1ccc(Nc2ccc(C(N)=S)cc2F)cn1. The summed E-state index contributed by atoms with van der Waals surface area (Å²) in [5, 5.41) is 2.91. The number of hydrogen-bond donors (Lipinski definition) is 2. The lowest BCUT2D eigenvalue weighted by molar-refractivity contribution is 0.398. The number of nitrogens with one attached hydrogen (secondary N) is 1. The first-order valence-corrected chi connectivity index (χ1v) is 5.87. The van der Waals surface area contributed by atoms with Gasteiger partial charge in [-0.05, 0) is 24.3 Å². The molecule has 1 heterocycles. The summed E-state index contributed by atoms with van der Waals surface area (Å²) in [5.74, 6) is 0.0657. The van der Waals surface area contributed by atoms with Crippen LogP contribution >= 0.6 is 12.2 Å². The van der Waals surface area contributed by atoms with Gasteiger partial charge >= 0.3 is 0 Å². The molecule has 0 aliphatic heterocycles. The zero-order chi connectivity index (χ0) is 13.8. The Labute approximate surface area is 115 Å². The van der Waals surface area contributed by atoms with Crippen molar-refractivity contribution in [1.29, 1.82) is 0 Å². The van der Waals surface area contributed by atoms with Gasteiger partial charge in [0.25, 0.3) is 0 Å². The van der Waals surface area contributed by atoms with E-state index >= 15 is 0 Å². The van der Waals surface area contributed by atoms with E-state index in [2.05, 4.69) is 10.3 Å². The molecule has 2 rings (SSSR count). The number of ether oxygens (including phenoxy) is 1. The van der Waals surface area contributed by atoms with Crippen molar-refractivity contribution in [3.8, 4) is 5.88 Å². The molecule has 1 aromatic carbocycles. The summed E-state index contributed by atoms with van der Waals surface area (Å²) >= 11 is 4.79. The number of aromatic nitrogens is 1. The highest BCUT2D eigenvalue weighted by atomic mass is 32.1. The second-order valence-corrected chi connectivity index (χ2v) is 4.21. The minimum absolute atomic E-state index is 0.163. The number of anilines is 2. The second-order valence-electron chi connectivity index (χ2n) is 3.77. The summed E-state index contributed by atoms with van der Waals surface area (Å²) in [6.45, 7) is 0. The maximum absolute atomic E-state index is 13.8. The van der Waals surface area contributed by atoms with E-state index in [9.17, 15) is 4.39 Å². The highest BCUT2D eigenvalue weighted by molar-refractivity contribution is 7.80. The molecule has 0 saturated carbocycles. The molecule has 3 N–H and O–H groups in total. The smallest absolute Gasteiger partial charge is 0.213 e. The lowest BCUT2D eigenvalue weighted by Gasteiger charge is -2.09. The maximum atomic E-state index is 13.8. The number of halogens is 1. The molecule has 98 valence electrons. The van der Waals surface area contributed by atoms with E-state index in [0.717, 1.165) is 0 Å². The number of hydrogen-bond acceptors (Lipinski definition) is 4. The molecule has 6 heteroatoms. The van der Waals surface area contributed by atoms with Crippen molar-refractivity contribution in [3.05, 3.63) is 47.9 Å². The maximum Gasteiger partial charge on any atom is 0.213 e. The minimum Gasteiger partial charge on any atom is -0.481 e. The van der Waals surface area contributed by atoms with Crippen molar-refractivity contribution in [1.82, 2.24) is 4.98 Å². The third-order valence-corrected chi connectivity index (χ3v) is 2.71. The zero-order valence-corrected chi connectivity index (χ0v) is 11.0. The van der Waals surface area contributed by atoms with Crippen LogP contribution in [0.5, 0.6) is 5.88 Å². The number of methoxy groups -OCH3 is 1. The highest BCUT2D eigenvalue weighted by Gasteiger charge is 2.06. The molecular weight excluding hydrogens is 265 g/mol. The van der Waals surface area contributed by atoms with Crippen LogP contribution in [0.15, 0.2) is 36.5 Å². The van der Waals surface area contributed by atoms with Crippen molar-refractivity contribution >= 4 is 28.6 Å². The molecule has 0 unspecified atom stereocenters. The Morgan fingerprint density at radius 3 is 2.68 bits per heavy atom. The largest absolute Gasteiger partial charge is 0.481 e. The number of benzene rings is 1. The van der Waals surface area contributed by atoms with Gasteiger partial charge < -0.3 is 15.8 Å². The number of rotatable bonds is 4. The summed E-state index contributed by atoms with van der Waals surface area (Å²) in [4.78, 5) is 4.18. The van der Waals surface area contributed by atoms with Gasteiger partial charge in [-0.2, -0.15) is 0 Å². The lowest BCUT2D eigenvalue weighted by Crippen LogP contribution is -2.09. The number of nitrogens with zero attached hydrogens (tertiary/aromatic N) is 1. The van der Waals surface area contributed by atoms with Crippen LogP contribution in [0.4, 0.5) is 15.8 Å². The molecule has 0 bridgehead atoms. The third kappa shape index (κ3) is 3.17. The van der Waals surface area contributed by atoms with Crippen LogP contribution in [-0.2, 0) is 0 Å². The van der Waals surface area contributed by atoms with Gasteiger partial charge in [-0.3, -0.25) is 0 Å². The van der Waals surface area contributed by atoms with Crippen LogP contribution < -0.4 is 15.8 Å². The second kappa shape index (κ2) is 5.62. The van der Waals surface area contributed by atoms with E-state index in [1.165, 1.54) is 13.2 Å². The first kappa shape index (κ1) is 13.2. The van der Waals surface area contributed by atoms with E-state index in [4.69, 9.17) is 22.7 Å². The fourth-order valence-corrected chi connectivity index (χ4v) is 1.63. The summed E-state index contributed by atoms with van der Waals surface area (Å²) < 4.78 is 18.8. The van der Waals surface area contributed by atoms with Gasteiger partial charge in [-0.1, -0.05) is 12.2 Å². The summed E-state index contributed by atoms with van der Waals surface area (Å²) in [7, 11) is 1.53. The first-order valence-electron chi connectivity index (χ1n) is 5.46. The standard InChI is InChI=1S/C13H12FN3OS/c1-18-12-5-3-9(7-16-12)17-11-4-2-8(13(15)19)6-10(11)14/h2-7,17H,1H3,(H2,15,19). The van der Waals surface area contributed by atoms with Gasteiger partial charge in [0, 0.05) is 11.6 Å². The summed E-state index contributed by atoms with van der Waals surface area (Å²) in [6.07, 6.45) is 1.56. The molecule has 1 aromatic heterocycles. The van der Waals surface area contributed by atoms with E-state index in [1.54, 1.807) is 30.5 Å². The molecule has 4 nitrogen and oxygen atoms in total. The molecule has 0 saturated heterocycles. The van der Waals surface area contributed by atoms with Gasteiger partial charge in [0.05, 0.1) is 24.7 Å². The first-order chi connectivity index (χ1) is 9.10. The van der Waals surface area contributed by atoms with Crippen LogP contribution in [-0.4, -0.2) is 17.1 Å². The number of pyridine rings is 1. The number of nitrogens with two attached hydrogens (primary N) is 1. The molecule has 0 radical (unpaired) electrons. The van der Waals surface area contributed by atoms with Crippen LogP contribution in [0.2, 0.25) is 0 Å². The van der Waals surface area contributed by atoms with Gasteiger partial charge in [-0.25, -0.2) is 9.37 Å². The van der Waals surface area contributed by atoms with Crippen LogP contribution in [0.3, 0.4) is 0 Å². The predicted molar refractivity (Wildman–Crippen MR) is 76.4 cm³/mol. The van der Waals surface area contributed by atoms with Gasteiger partial charge in [-0.15, -0.1) is 0 Å². The van der Waals surface area contributed by atoms with Crippen LogP contribution in [0, 0.1) is 5.82 Å². The summed E-state index contributed by atoms with van der Waals surface area (Å²) in [6, 6.07) is 7.96. The quantitative estimate of drug-likeness (QED) is 0.841. The molecule has 0 aliphatic rings. The molecule has 19 heavy (non-hydrogen) atoms. The van der Waals surface area contributed by atoms with E-state index in [-0.39, 0.29) is 4.99 Å². The third-order valence-electron chi connectivity index (χ3n) is 2.48. The van der Waals surface area contributed by atoms with Crippen molar-refractivity contribution < 1.29 is 9.13 Å². The Hall–Kier alpha value is -2.21. The van der Waals surface area contributed by atoms with Gasteiger partial charge in [0.15, 0.2) is 0 Å². The fourth-order valence-electron chi connectivity index (χ4n) is 1.50. The van der Waals surface area contributed by atoms with Gasteiger partial charge in [0.2, 0.25) is 5.88 Å². The van der Waals surface area contributed by atoms with Crippen LogP contribution in [0.1, 0.15) is 5.56 Å². The van der Waals surface area contributed by atoms with Crippen molar-refractivity contribution in [2.24, 2.45) is 5.73 Å². The molecule has 0 aliphatic carbocycles. The summed E-state index contributed by atoms with van der Waals surface area (Å²) in [5.41, 5.74) is 6.91. The molecule has 0 atom stereocenters. The average Bonchev–Trinajstić information content (AvgIpc) is 2.41. The highest BCUT2D eigenvalue weighted by Crippen LogP contribution is 2.21. The minimum atomic E-state index is -0.430. The normalized spacial score (nSPS) is 10.0. The predicted octanol–water partition coefficient (Wildman–Crippen LogP) is 2.61. The number of thiocarbonyl (C=S) groups is 1.